The molecule has 0 fully saturated rings. The fourth-order valence-corrected chi connectivity index (χ4v) is 4.08. The van der Waals surface area contributed by atoms with E-state index in [4.69, 9.17) is 11.6 Å². The van der Waals surface area contributed by atoms with Crippen LogP contribution in [0.25, 0.3) is 10.1 Å². The van der Waals surface area contributed by atoms with Crippen LogP contribution in [0.4, 0.5) is 4.39 Å². The third kappa shape index (κ3) is 3.68. The molecule has 1 N–H and O–H groups in total. The third-order valence-corrected chi connectivity index (χ3v) is 5.44. The van der Waals surface area contributed by atoms with Gasteiger partial charge in [-0.05, 0) is 48.6 Å². The zero-order valence-electron chi connectivity index (χ0n) is 13.9. The predicted octanol–water partition coefficient (Wildman–Crippen LogP) is 4.73. The molecule has 25 heavy (non-hydrogen) atoms. The predicted molar refractivity (Wildman–Crippen MR) is 102 cm³/mol. The van der Waals surface area contributed by atoms with Gasteiger partial charge in [-0.2, -0.15) is 0 Å². The molecule has 3 aromatic rings. The summed E-state index contributed by atoms with van der Waals surface area (Å²) in [4.78, 5) is 14.4. The molecule has 0 bridgehead atoms. The summed E-state index contributed by atoms with van der Waals surface area (Å²) in [7, 11) is 3.92. The first kappa shape index (κ1) is 17.9. The number of fused-ring (bicyclic) bond motifs is 1. The lowest BCUT2D eigenvalue weighted by atomic mass is 10.0. The molecular weight excluding hydrogens is 359 g/mol. The largest absolute Gasteiger partial charge is 0.350 e. The molecule has 0 radical (unpaired) electrons. The molecule has 130 valence electrons. The number of benzene rings is 2. The van der Waals surface area contributed by atoms with Gasteiger partial charge in [-0.3, -0.25) is 4.79 Å². The van der Waals surface area contributed by atoms with Crippen LogP contribution in [0.1, 0.15) is 22.0 Å². The van der Waals surface area contributed by atoms with Crippen LogP contribution in [0.5, 0.6) is 0 Å². The van der Waals surface area contributed by atoms with E-state index in [1.54, 1.807) is 11.3 Å². The molecule has 3 rings (SSSR count). The highest BCUT2D eigenvalue weighted by Crippen LogP contribution is 2.32. The minimum Gasteiger partial charge on any atom is -0.350 e. The maximum atomic E-state index is 13.9. The van der Waals surface area contributed by atoms with Crippen LogP contribution in [-0.2, 0) is 0 Å². The summed E-state index contributed by atoms with van der Waals surface area (Å²) in [5.41, 5.74) is 1.03. The maximum Gasteiger partial charge on any atom is 0.255 e. The van der Waals surface area contributed by atoms with Crippen molar-refractivity contribution >= 4 is 38.9 Å². The second-order valence-corrected chi connectivity index (χ2v) is 7.29. The van der Waals surface area contributed by atoms with Crippen LogP contribution >= 0.6 is 22.9 Å². The van der Waals surface area contributed by atoms with Crippen molar-refractivity contribution in [2.75, 3.05) is 20.6 Å². The molecule has 0 aliphatic heterocycles. The van der Waals surface area contributed by atoms with Gasteiger partial charge in [0.05, 0.1) is 16.6 Å². The van der Waals surface area contributed by atoms with Crippen molar-refractivity contribution in [2.24, 2.45) is 0 Å². The minimum atomic E-state index is -0.618. The van der Waals surface area contributed by atoms with Gasteiger partial charge in [0.1, 0.15) is 5.82 Å². The van der Waals surface area contributed by atoms with Crippen molar-refractivity contribution in [3.05, 3.63) is 69.8 Å². The fourth-order valence-electron chi connectivity index (χ4n) is 2.82. The van der Waals surface area contributed by atoms with E-state index >= 15 is 0 Å². The van der Waals surface area contributed by atoms with Gasteiger partial charge in [-0.1, -0.05) is 35.9 Å². The zero-order chi connectivity index (χ0) is 18.0. The molecule has 0 saturated carbocycles. The summed E-state index contributed by atoms with van der Waals surface area (Å²) in [6.07, 6.45) is 0. The number of likely N-dealkylation sites (N-methyl/N-ethyl adjacent to an activating group) is 1. The van der Waals surface area contributed by atoms with Gasteiger partial charge in [-0.15, -0.1) is 11.3 Å². The average Bonchev–Trinajstić information content (AvgIpc) is 2.99. The number of carbonyl (C=O) groups excluding carboxylic acids is 1. The lowest BCUT2D eigenvalue weighted by Gasteiger charge is -2.24. The van der Waals surface area contributed by atoms with E-state index in [-0.39, 0.29) is 16.6 Å². The van der Waals surface area contributed by atoms with Crippen molar-refractivity contribution in [1.29, 1.82) is 0 Å². The average molecular weight is 377 g/mol. The molecule has 1 amide bonds. The number of hydrogen-bond donors (Lipinski definition) is 1. The molecule has 0 spiro atoms. The summed E-state index contributed by atoms with van der Waals surface area (Å²) in [6.45, 7) is 0.358. The van der Waals surface area contributed by atoms with E-state index < -0.39 is 11.7 Å². The molecule has 6 heteroatoms. The van der Waals surface area contributed by atoms with Crippen LogP contribution in [0.2, 0.25) is 5.02 Å². The second kappa shape index (κ2) is 7.52. The van der Waals surface area contributed by atoms with E-state index in [2.05, 4.69) is 22.8 Å². The number of carbonyl (C=O) groups is 1. The highest BCUT2D eigenvalue weighted by Gasteiger charge is 2.21. The SMILES string of the molecule is CN(C)C(CNC(=O)c1c(F)cccc1Cl)c1csc2ccccc12. The third-order valence-electron chi connectivity index (χ3n) is 4.14. The normalized spacial score (nSPS) is 12.5. The topological polar surface area (TPSA) is 32.3 Å². The van der Waals surface area contributed by atoms with Crippen LogP contribution < -0.4 is 5.32 Å². The Labute approximate surface area is 155 Å². The molecular formula is C19H18ClFN2OS. The van der Waals surface area contributed by atoms with Gasteiger partial charge < -0.3 is 10.2 Å². The Kier molecular flexibility index (Phi) is 5.37. The van der Waals surface area contributed by atoms with Gasteiger partial charge >= 0.3 is 0 Å². The Morgan fingerprint density at radius 2 is 2.00 bits per heavy atom. The fraction of sp³-hybridized carbons (Fsp3) is 0.211. The van der Waals surface area contributed by atoms with Crippen LogP contribution in [0.15, 0.2) is 47.8 Å². The standard InChI is InChI=1S/C19H18ClFN2OS/c1-23(2)16(13-11-25-17-9-4-3-6-12(13)17)10-22-19(24)18-14(20)7-5-8-15(18)21/h3-9,11,16H,10H2,1-2H3,(H,22,24). The summed E-state index contributed by atoms with van der Waals surface area (Å²) in [6, 6.07) is 12.4. The van der Waals surface area contributed by atoms with Crippen LogP contribution in [-0.4, -0.2) is 31.4 Å². The molecule has 3 nitrogen and oxygen atoms in total. The number of rotatable bonds is 5. The lowest BCUT2D eigenvalue weighted by molar-refractivity contribution is 0.0938. The quantitative estimate of drug-likeness (QED) is 0.698. The smallest absolute Gasteiger partial charge is 0.255 e. The first-order valence-electron chi connectivity index (χ1n) is 7.84. The van der Waals surface area contributed by atoms with E-state index in [1.807, 2.05) is 31.1 Å². The molecule has 1 heterocycles. The van der Waals surface area contributed by atoms with E-state index in [1.165, 1.54) is 28.3 Å². The summed E-state index contributed by atoms with van der Waals surface area (Å²) in [5.74, 6) is -1.12. The van der Waals surface area contributed by atoms with Crippen molar-refractivity contribution in [1.82, 2.24) is 10.2 Å². The second-order valence-electron chi connectivity index (χ2n) is 5.97. The Hall–Kier alpha value is -1.95. The van der Waals surface area contributed by atoms with Gasteiger partial charge in [0, 0.05) is 11.2 Å². The Morgan fingerprint density at radius 1 is 1.24 bits per heavy atom. The maximum absolute atomic E-state index is 13.9. The van der Waals surface area contributed by atoms with E-state index in [0.29, 0.717) is 6.54 Å². The van der Waals surface area contributed by atoms with Crippen molar-refractivity contribution in [3.8, 4) is 0 Å². The van der Waals surface area contributed by atoms with Crippen molar-refractivity contribution in [3.63, 3.8) is 0 Å². The number of halogens is 2. The molecule has 0 aliphatic rings. The minimum absolute atomic E-state index is 0.0225. The molecule has 0 aliphatic carbocycles. The number of amides is 1. The number of thiophene rings is 1. The van der Waals surface area contributed by atoms with Crippen molar-refractivity contribution < 1.29 is 9.18 Å². The first-order valence-corrected chi connectivity index (χ1v) is 9.09. The van der Waals surface area contributed by atoms with Crippen LogP contribution in [0, 0.1) is 5.82 Å². The Bertz CT molecular complexity index is 889. The van der Waals surface area contributed by atoms with E-state index in [0.717, 1.165) is 5.56 Å². The first-order chi connectivity index (χ1) is 12.0. The number of hydrogen-bond acceptors (Lipinski definition) is 3. The monoisotopic (exact) mass is 376 g/mol. The van der Waals surface area contributed by atoms with Crippen LogP contribution in [0.3, 0.4) is 0 Å². The van der Waals surface area contributed by atoms with Gasteiger partial charge in [0.15, 0.2) is 0 Å². The zero-order valence-corrected chi connectivity index (χ0v) is 15.5. The van der Waals surface area contributed by atoms with Gasteiger partial charge in [-0.25, -0.2) is 4.39 Å². The Morgan fingerprint density at radius 3 is 2.72 bits per heavy atom. The molecule has 2 aromatic carbocycles. The lowest BCUT2D eigenvalue weighted by Crippen LogP contribution is -2.35. The summed E-state index contributed by atoms with van der Waals surface area (Å²) in [5, 5.41) is 6.21. The molecule has 1 unspecified atom stereocenters. The number of nitrogens with one attached hydrogen (secondary N) is 1. The summed E-state index contributed by atoms with van der Waals surface area (Å²) >= 11 is 7.65. The number of nitrogens with zero attached hydrogens (tertiary/aromatic N) is 1. The van der Waals surface area contributed by atoms with Gasteiger partial charge in [0.25, 0.3) is 5.91 Å². The Balaban J connectivity index is 1.83. The van der Waals surface area contributed by atoms with E-state index in [9.17, 15) is 9.18 Å². The molecule has 0 saturated heterocycles. The highest BCUT2D eigenvalue weighted by atomic mass is 35.5. The summed E-state index contributed by atoms with van der Waals surface area (Å²) < 4.78 is 15.1. The van der Waals surface area contributed by atoms with Crippen molar-refractivity contribution in [2.45, 2.75) is 6.04 Å². The highest BCUT2D eigenvalue weighted by molar-refractivity contribution is 7.17. The molecule has 1 atom stereocenters. The van der Waals surface area contributed by atoms with Gasteiger partial charge in [0.2, 0.25) is 0 Å². The molecule has 1 aromatic heterocycles.